The van der Waals surface area contributed by atoms with E-state index in [0.29, 0.717) is 5.69 Å². The maximum atomic E-state index is 10.8. The Hall–Kier alpha value is -1.69. The molecule has 6 nitrogen and oxygen atoms in total. The van der Waals surface area contributed by atoms with Gasteiger partial charge >= 0.3 is 5.69 Å². The molecule has 1 heterocycles. The van der Waals surface area contributed by atoms with Gasteiger partial charge in [0.25, 0.3) is 0 Å². The summed E-state index contributed by atoms with van der Waals surface area (Å²) in [6.45, 7) is 1.49. The van der Waals surface area contributed by atoms with Gasteiger partial charge in [-0.05, 0) is 30.7 Å². The lowest BCUT2D eigenvalue weighted by atomic mass is 10.0. The van der Waals surface area contributed by atoms with E-state index < -0.39 is 4.92 Å². The summed E-state index contributed by atoms with van der Waals surface area (Å²) in [6, 6.07) is 1.64. The van der Waals surface area contributed by atoms with Crippen LogP contribution in [0.2, 0.25) is 0 Å². The number of aromatic nitrogens is 1. The van der Waals surface area contributed by atoms with E-state index in [-0.39, 0.29) is 11.1 Å². The average molecular weight is 251 g/mol. The van der Waals surface area contributed by atoms with Crippen molar-refractivity contribution in [2.45, 2.75) is 19.3 Å². The van der Waals surface area contributed by atoms with Crippen LogP contribution in [0.3, 0.4) is 0 Å². The summed E-state index contributed by atoms with van der Waals surface area (Å²) in [5.41, 5.74) is 0.825. The third-order valence-corrected chi connectivity index (χ3v) is 3.44. The Morgan fingerprint density at radius 3 is 3.00 bits per heavy atom. The zero-order valence-corrected chi connectivity index (χ0v) is 10.4. The molecular formula is C12H17N3O3. The number of methoxy groups -OCH3 is 1. The minimum atomic E-state index is -0.413. The first kappa shape index (κ1) is 12.8. The smallest absolute Gasteiger partial charge is 0.310 e. The van der Waals surface area contributed by atoms with Gasteiger partial charge in [0.05, 0.1) is 4.92 Å². The van der Waals surface area contributed by atoms with Crippen molar-refractivity contribution in [2.75, 3.05) is 25.6 Å². The molecule has 0 bridgehead atoms. The molecule has 0 saturated heterocycles. The van der Waals surface area contributed by atoms with Crippen LogP contribution in [-0.4, -0.2) is 30.2 Å². The third-order valence-electron chi connectivity index (χ3n) is 3.44. The zero-order chi connectivity index (χ0) is 13.0. The number of nitro groups is 1. The van der Waals surface area contributed by atoms with Gasteiger partial charge < -0.3 is 10.1 Å². The van der Waals surface area contributed by atoms with E-state index >= 15 is 0 Å². The lowest BCUT2D eigenvalue weighted by Gasteiger charge is -2.16. The van der Waals surface area contributed by atoms with E-state index in [2.05, 4.69) is 10.3 Å². The topological polar surface area (TPSA) is 77.3 Å². The first-order valence-electron chi connectivity index (χ1n) is 5.98. The minimum absolute atomic E-state index is 0.0278. The predicted molar refractivity (Wildman–Crippen MR) is 67.5 cm³/mol. The van der Waals surface area contributed by atoms with Crippen molar-refractivity contribution in [1.29, 1.82) is 0 Å². The second-order valence-corrected chi connectivity index (χ2v) is 4.75. The van der Waals surface area contributed by atoms with Crippen molar-refractivity contribution in [2.24, 2.45) is 5.41 Å². The van der Waals surface area contributed by atoms with Crippen LogP contribution in [0.1, 0.15) is 19.3 Å². The van der Waals surface area contributed by atoms with Gasteiger partial charge in [-0.25, -0.2) is 0 Å². The quantitative estimate of drug-likeness (QED) is 0.594. The molecule has 1 N–H and O–H groups in total. The molecule has 0 spiro atoms. The average Bonchev–Trinajstić information content (AvgIpc) is 3.15. The molecule has 0 aliphatic heterocycles. The van der Waals surface area contributed by atoms with Crippen LogP contribution < -0.4 is 5.32 Å². The maximum Gasteiger partial charge on any atom is 0.310 e. The molecule has 1 aromatic rings. The van der Waals surface area contributed by atoms with Gasteiger partial charge in [-0.3, -0.25) is 15.1 Å². The van der Waals surface area contributed by atoms with Crippen LogP contribution >= 0.6 is 0 Å². The number of anilines is 1. The molecule has 0 atom stereocenters. The van der Waals surface area contributed by atoms with Crippen LogP contribution in [0.4, 0.5) is 11.4 Å². The van der Waals surface area contributed by atoms with Crippen molar-refractivity contribution >= 4 is 11.4 Å². The Kier molecular flexibility index (Phi) is 3.76. The molecule has 1 aliphatic rings. The fourth-order valence-corrected chi connectivity index (χ4v) is 1.97. The van der Waals surface area contributed by atoms with Crippen molar-refractivity contribution in [1.82, 2.24) is 4.98 Å². The largest absolute Gasteiger partial charge is 0.385 e. The van der Waals surface area contributed by atoms with Crippen LogP contribution in [0, 0.1) is 15.5 Å². The highest BCUT2D eigenvalue weighted by atomic mass is 16.6. The molecule has 2 rings (SSSR count). The molecule has 1 aliphatic carbocycles. The minimum Gasteiger partial charge on any atom is -0.385 e. The number of hydrogen-bond acceptors (Lipinski definition) is 5. The molecule has 1 aromatic heterocycles. The molecule has 1 fully saturated rings. The van der Waals surface area contributed by atoms with Gasteiger partial charge in [-0.1, -0.05) is 0 Å². The van der Waals surface area contributed by atoms with E-state index in [1.165, 1.54) is 6.20 Å². The molecule has 6 heteroatoms. The molecule has 0 amide bonds. The highest BCUT2D eigenvalue weighted by molar-refractivity contribution is 5.59. The van der Waals surface area contributed by atoms with Gasteiger partial charge in [0.1, 0.15) is 11.9 Å². The summed E-state index contributed by atoms with van der Waals surface area (Å²) in [5, 5.41) is 14.0. The Morgan fingerprint density at radius 1 is 1.61 bits per heavy atom. The van der Waals surface area contributed by atoms with Crippen LogP contribution in [0.25, 0.3) is 0 Å². The summed E-state index contributed by atoms with van der Waals surface area (Å²) >= 11 is 0. The van der Waals surface area contributed by atoms with Gasteiger partial charge in [0.15, 0.2) is 0 Å². The Morgan fingerprint density at radius 2 is 2.39 bits per heavy atom. The number of pyridine rings is 1. The summed E-state index contributed by atoms with van der Waals surface area (Å²) < 4.78 is 5.09. The summed E-state index contributed by atoms with van der Waals surface area (Å²) in [7, 11) is 1.69. The number of nitrogens with zero attached hydrogens (tertiary/aromatic N) is 2. The van der Waals surface area contributed by atoms with E-state index in [0.717, 1.165) is 32.4 Å². The fourth-order valence-electron chi connectivity index (χ4n) is 1.97. The molecule has 0 unspecified atom stereocenters. The monoisotopic (exact) mass is 251 g/mol. The Balaban J connectivity index is 1.96. The molecule has 18 heavy (non-hydrogen) atoms. The van der Waals surface area contributed by atoms with Gasteiger partial charge in [0, 0.05) is 26.5 Å². The van der Waals surface area contributed by atoms with Crippen molar-refractivity contribution < 1.29 is 9.66 Å². The van der Waals surface area contributed by atoms with Crippen LogP contribution in [0.15, 0.2) is 18.5 Å². The fraction of sp³-hybridized carbons (Fsp3) is 0.583. The third kappa shape index (κ3) is 2.95. The van der Waals surface area contributed by atoms with Crippen molar-refractivity contribution in [3.8, 4) is 0 Å². The number of ether oxygens (including phenoxy) is 1. The van der Waals surface area contributed by atoms with Gasteiger partial charge in [-0.15, -0.1) is 0 Å². The SMILES string of the molecule is COCCC1(CNc2ccncc2[N+](=O)[O-])CC1. The first-order valence-corrected chi connectivity index (χ1v) is 5.98. The van der Waals surface area contributed by atoms with Crippen LogP contribution in [0.5, 0.6) is 0 Å². The number of hydrogen-bond donors (Lipinski definition) is 1. The van der Waals surface area contributed by atoms with E-state index in [1.54, 1.807) is 19.4 Å². The number of rotatable bonds is 7. The lowest BCUT2D eigenvalue weighted by Crippen LogP contribution is -2.17. The maximum absolute atomic E-state index is 10.8. The predicted octanol–water partition coefficient (Wildman–Crippen LogP) is 2.22. The Bertz CT molecular complexity index is 432. The molecule has 98 valence electrons. The first-order chi connectivity index (χ1) is 8.67. The second-order valence-electron chi connectivity index (χ2n) is 4.75. The molecule has 0 aromatic carbocycles. The summed E-state index contributed by atoms with van der Waals surface area (Å²) in [6.07, 6.45) is 6.14. The van der Waals surface area contributed by atoms with Gasteiger partial charge in [-0.2, -0.15) is 0 Å². The number of nitrogens with one attached hydrogen (secondary N) is 1. The van der Waals surface area contributed by atoms with E-state index in [4.69, 9.17) is 4.74 Å². The normalized spacial score (nSPS) is 16.3. The van der Waals surface area contributed by atoms with Crippen LogP contribution in [-0.2, 0) is 4.74 Å². The summed E-state index contributed by atoms with van der Waals surface area (Å²) in [5.74, 6) is 0. The van der Waals surface area contributed by atoms with Crippen molar-refractivity contribution in [3.05, 3.63) is 28.6 Å². The second kappa shape index (κ2) is 5.30. The zero-order valence-electron chi connectivity index (χ0n) is 10.4. The highest BCUT2D eigenvalue weighted by Crippen LogP contribution is 2.48. The van der Waals surface area contributed by atoms with E-state index in [9.17, 15) is 10.1 Å². The molecule has 1 saturated carbocycles. The van der Waals surface area contributed by atoms with Crippen molar-refractivity contribution in [3.63, 3.8) is 0 Å². The molecular weight excluding hydrogens is 234 g/mol. The van der Waals surface area contributed by atoms with E-state index in [1.807, 2.05) is 0 Å². The molecule has 0 radical (unpaired) electrons. The highest BCUT2D eigenvalue weighted by Gasteiger charge is 2.41. The lowest BCUT2D eigenvalue weighted by molar-refractivity contribution is -0.384. The Labute approximate surface area is 106 Å². The summed E-state index contributed by atoms with van der Waals surface area (Å²) in [4.78, 5) is 14.2. The van der Waals surface area contributed by atoms with Gasteiger partial charge in [0.2, 0.25) is 0 Å². The standard InChI is InChI=1S/C12H17N3O3/c1-18-7-5-12(3-4-12)9-14-10-2-6-13-8-11(10)15(16)17/h2,6,8H,3-5,7,9H2,1H3,(H,13,14).